The lowest BCUT2D eigenvalue weighted by Gasteiger charge is -2.13. The number of hydrogen-bond acceptors (Lipinski definition) is 6. The van der Waals surface area contributed by atoms with Gasteiger partial charge in [-0.3, -0.25) is 4.72 Å². The molecular weight excluding hydrogens is 432 g/mol. The number of ether oxygens (including phenoxy) is 2. The molecule has 3 aromatic carbocycles. The molecule has 0 unspecified atom stereocenters. The van der Waals surface area contributed by atoms with Crippen LogP contribution in [0.1, 0.15) is 0 Å². The van der Waals surface area contributed by atoms with Crippen LogP contribution >= 0.6 is 11.3 Å². The van der Waals surface area contributed by atoms with E-state index in [1.807, 2.05) is 47.8 Å². The van der Waals surface area contributed by atoms with Crippen LogP contribution in [0.4, 0.5) is 5.69 Å². The molecule has 0 bridgehead atoms. The van der Waals surface area contributed by atoms with Crippen molar-refractivity contribution in [1.29, 1.82) is 0 Å². The fourth-order valence-corrected chi connectivity index (χ4v) is 5.11. The molecule has 6 nitrogen and oxygen atoms in total. The molecule has 0 aliphatic heterocycles. The number of hydrogen-bond donors (Lipinski definition) is 1. The number of benzene rings is 3. The summed E-state index contributed by atoms with van der Waals surface area (Å²) < 4.78 is 38.8. The van der Waals surface area contributed by atoms with Crippen LogP contribution in [0.5, 0.6) is 11.5 Å². The van der Waals surface area contributed by atoms with E-state index in [4.69, 9.17) is 14.5 Å². The van der Waals surface area contributed by atoms with E-state index in [-0.39, 0.29) is 10.6 Å². The summed E-state index contributed by atoms with van der Waals surface area (Å²) in [7, 11) is -0.965. The zero-order valence-corrected chi connectivity index (χ0v) is 18.5. The molecule has 0 amide bonds. The summed E-state index contributed by atoms with van der Waals surface area (Å²) in [6, 6.07) is 21.7. The SMILES string of the molecule is COc1ccc(OC)c(S(=O)(=O)Nc2ccc(-c3csc(-c4ccccc4)n3)cc2)c1. The third-order valence-electron chi connectivity index (χ3n) is 4.62. The fourth-order valence-electron chi connectivity index (χ4n) is 3.03. The van der Waals surface area contributed by atoms with Gasteiger partial charge in [0.05, 0.1) is 19.9 Å². The first kappa shape index (κ1) is 20.9. The molecule has 0 aliphatic rings. The molecule has 0 atom stereocenters. The summed E-state index contributed by atoms with van der Waals surface area (Å²) >= 11 is 1.57. The molecule has 0 aliphatic carbocycles. The molecule has 8 heteroatoms. The fraction of sp³-hybridized carbons (Fsp3) is 0.0870. The molecule has 0 saturated carbocycles. The molecule has 1 aromatic heterocycles. The molecule has 0 saturated heterocycles. The van der Waals surface area contributed by atoms with Crippen molar-refractivity contribution in [1.82, 2.24) is 4.98 Å². The zero-order valence-electron chi connectivity index (χ0n) is 16.9. The molecule has 4 aromatic rings. The quantitative estimate of drug-likeness (QED) is 0.412. The number of thiazole rings is 1. The Balaban J connectivity index is 1.56. The number of anilines is 1. The minimum atomic E-state index is -3.87. The molecule has 31 heavy (non-hydrogen) atoms. The Morgan fingerprint density at radius 2 is 1.61 bits per heavy atom. The van der Waals surface area contributed by atoms with Crippen molar-refractivity contribution in [3.8, 4) is 33.3 Å². The number of aromatic nitrogens is 1. The van der Waals surface area contributed by atoms with E-state index in [1.54, 1.807) is 35.6 Å². The Morgan fingerprint density at radius 3 is 2.29 bits per heavy atom. The standard InChI is InChI=1S/C23H20N2O4S2/c1-28-19-12-13-21(29-2)22(14-19)31(26,27)25-18-10-8-16(9-11-18)20-15-30-23(24-20)17-6-4-3-5-7-17/h3-15,25H,1-2H3. The average molecular weight is 453 g/mol. The van der Waals surface area contributed by atoms with E-state index in [0.717, 1.165) is 21.8 Å². The molecule has 0 spiro atoms. The lowest BCUT2D eigenvalue weighted by Crippen LogP contribution is -2.14. The third kappa shape index (κ3) is 4.55. The third-order valence-corrected chi connectivity index (χ3v) is 6.91. The van der Waals surface area contributed by atoms with Gasteiger partial charge in [-0.05, 0) is 24.3 Å². The minimum Gasteiger partial charge on any atom is -0.497 e. The van der Waals surface area contributed by atoms with Crippen LogP contribution in [0.15, 0.2) is 83.1 Å². The molecule has 0 fully saturated rings. The van der Waals surface area contributed by atoms with Gasteiger partial charge >= 0.3 is 0 Å². The van der Waals surface area contributed by atoms with Gasteiger partial charge in [0.25, 0.3) is 10.0 Å². The molecule has 4 rings (SSSR count). The van der Waals surface area contributed by atoms with E-state index in [9.17, 15) is 8.42 Å². The maximum Gasteiger partial charge on any atom is 0.265 e. The van der Waals surface area contributed by atoms with E-state index in [0.29, 0.717) is 11.4 Å². The Labute approximate surface area is 185 Å². The number of rotatable bonds is 7. The van der Waals surface area contributed by atoms with Crippen LogP contribution in [0, 0.1) is 0 Å². The minimum absolute atomic E-state index is 0.00503. The van der Waals surface area contributed by atoms with Crippen molar-refractivity contribution in [2.75, 3.05) is 18.9 Å². The van der Waals surface area contributed by atoms with Crippen molar-refractivity contribution < 1.29 is 17.9 Å². The Bertz CT molecular complexity index is 1280. The monoisotopic (exact) mass is 452 g/mol. The average Bonchev–Trinajstić information content (AvgIpc) is 3.30. The van der Waals surface area contributed by atoms with Crippen molar-refractivity contribution in [2.24, 2.45) is 0 Å². The van der Waals surface area contributed by atoms with Gasteiger partial charge < -0.3 is 9.47 Å². The highest BCUT2D eigenvalue weighted by molar-refractivity contribution is 7.92. The largest absolute Gasteiger partial charge is 0.497 e. The van der Waals surface area contributed by atoms with Crippen molar-refractivity contribution >= 4 is 27.0 Å². The highest BCUT2D eigenvalue weighted by Crippen LogP contribution is 2.31. The Morgan fingerprint density at radius 1 is 0.871 bits per heavy atom. The predicted molar refractivity (Wildman–Crippen MR) is 123 cm³/mol. The Kier molecular flexibility index (Phi) is 5.92. The van der Waals surface area contributed by atoms with Gasteiger partial charge in [-0.2, -0.15) is 0 Å². The van der Waals surface area contributed by atoms with Crippen LogP contribution in [0.3, 0.4) is 0 Å². The second-order valence-corrected chi connectivity index (χ2v) is 9.11. The van der Waals surface area contributed by atoms with Gasteiger partial charge in [-0.15, -0.1) is 11.3 Å². The van der Waals surface area contributed by atoms with E-state index < -0.39 is 10.0 Å². The first-order valence-electron chi connectivity index (χ1n) is 9.36. The summed E-state index contributed by atoms with van der Waals surface area (Å²) in [4.78, 5) is 4.70. The molecule has 0 radical (unpaired) electrons. The van der Waals surface area contributed by atoms with Crippen LogP contribution in [0.25, 0.3) is 21.8 Å². The topological polar surface area (TPSA) is 77.5 Å². The van der Waals surface area contributed by atoms with Crippen LogP contribution < -0.4 is 14.2 Å². The van der Waals surface area contributed by atoms with Crippen molar-refractivity contribution in [3.63, 3.8) is 0 Å². The van der Waals surface area contributed by atoms with E-state index in [2.05, 4.69) is 4.72 Å². The second-order valence-electron chi connectivity index (χ2n) is 6.60. The van der Waals surface area contributed by atoms with Crippen molar-refractivity contribution in [3.05, 3.63) is 78.2 Å². The van der Waals surface area contributed by atoms with Gasteiger partial charge in [0.1, 0.15) is 21.4 Å². The van der Waals surface area contributed by atoms with Crippen LogP contribution in [-0.4, -0.2) is 27.6 Å². The smallest absolute Gasteiger partial charge is 0.265 e. The highest BCUT2D eigenvalue weighted by atomic mass is 32.2. The molecule has 158 valence electrons. The van der Waals surface area contributed by atoms with Crippen LogP contribution in [-0.2, 0) is 10.0 Å². The van der Waals surface area contributed by atoms with Gasteiger partial charge in [0.2, 0.25) is 0 Å². The molecule has 1 N–H and O–H groups in total. The van der Waals surface area contributed by atoms with Crippen molar-refractivity contribution in [2.45, 2.75) is 4.90 Å². The summed E-state index contributed by atoms with van der Waals surface area (Å²) in [5.74, 6) is 0.662. The predicted octanol–water partition coefficient (Wildman–Crippen LogP) is 5.30. The number of nitrogens with zero attached hydrogens (tertiary/aromatic N) is 1. The number of methoxy groups -OCH3 is 2. The number of nitrogens with one attached hydrogen (secondary N) is 1. The van der Waals surface area contributed by atoms with E-state index in [1.165, 1.54) is 20.3 Å². The summed E-state index contributed by atoms with van der Waals surface area (Å²) in [5, 5.41) is 2.92. The first-order chi connectivity index (χ1) is 15.0. The lowest BCUT2D eigenvalue weighted by molar-refractivity contribution is 0.392. The van der Waals surface area contributed by atoms with Gasteiger partial charge in [-0.1, -0.05) is 42.5 Å². The zero-order chi connectivity index (χ0) is 21.8. The maximum absolute atomic E-state index is 12.9. The van der Waals surface area contributed by atoms with E-state index >= 15 is 0 Å². The van der Waals surface area contributed by atoms with Gasteiger partial charge in [0.15, 0.2) is 0 Å². The highest BCUT2D eigenvalue weighted by Gasteiger charge is 2.21. The van der Waals surface area contributed by atoms with Gasteiger partial charge in [-0.25, -0.2) is 13.4 Å². The summed E-state index contributed by atoms with van der Waals surface area (Å²) in [5.41, 5.74) is 3.25. The second kappa shape index (κ2) is 8.79. The van der Waals surface area contributed by atoms with Gasteiger partial charge in [0, 0.05) is 28.3 Å². The first-order valence-corrected chi connectivity index (χ1v) is 11.7. The lowest BCUT2D eigenvalue weighted by atomic mass is 10.1. The molecular formula is C23H20N2O4S2. The summed E-state index contributed by atoms with van der Waals surface area (Å²) in [6.45, 7) is 0. The maximum atomic E-state index is 12.9. The van der Waals surface area contributed by atoms with Crippen LogP contribution in [0.2, 0.25) is 0 Å². The number of sulfonamides is 1. The summed E-state index contributed by atoms with van der Waals surface area (Å²) in [6.07, 6.45) is 0. The molecule has 1 heterocycles. The Hall–Kier alpha value is -3.36. The normalized spacial score (nSPS) is 11.2.